The lowest BCUT2D eigenvalue weighted by Crippen LogP contribution is -2.29. The van der Waals surface area contributed by atoms with Crippen LogP contribution in [-0.2, 0) is 16.1 Å². The number of aromatic nitrogens is 3. The summed E-state index contributed by atoms with van der Waals surface area (Å²) in [6, 6.07) is 9.63. The second kappa shape index (κ2) is 7.64. The number of nitrogens with zero attached hydrogens (tertiary/aromatic N) is 4. The fourth-order valence-corrected chi connectivity index (χ4v) is 3.68. The standard InChI is InChI=1S/C17H13ClN4O3S/c1-2-25-14(23)9-22-17(24)15(18)11(8-20-22)10(7-19)16-21-12-5-3-4-6-13(12)26-16/h3-6,8,10H,2,9H2,1H3. The van der Waals surface area contributed by atoms with Crippen LogP contribution < -0.4 is 5.56 Å². The summed E-state index contributed by atoms with van der Waals surface area (Å²) in [6.45, 7) is 1.53. The predicted molar refractivity (Wildman–Crippen MR) is 97.2 cm³/mol. The normalized spacial score (nSPS) is 11.9. The Morgan fingerprint density at radius 3 is 2.92 bits per heavy atom. The summed E-state index contributed by atoms with van der Waals surface area (Å²) in [5.74, 6) is -1.41. The molecule has 1 aromatic carbocycles. The molecular weight excluding hydrogens is 376 g/mol. The van der Waals surface area contributed by atoms with Crippen molar-refractivity contribution in [3.05, 3.63) is 56.4 Å². The van der Waals surface area contributed by atoms with Gasteiger partial charge in [-0.2, -0.15) is 10.4 Å². The molecule has 26 heavy (non-hydrogen) atoms. The van der Waals surface area contributed by atoms with Gasteiger partial charge in [-0.1, -0.05) is 23.7 Å². The fraction of sp³-hybridized carbons (Fsp3) is 0.235. The first-order chi connectivity index (χ1) is 12.5. The first kappa shape index (κ1) is 18.0. The Hall–Kier alpha value is -2.76. The van der Waals surface area contributed by atoms with Gasteiger partial charge < -0.3 is 4.74 Å². The third-order valence-corrected chi connectivity index (χ3v) is 5.07. The summed E-state index contributed by atoms with van der Waals surface area (Å²) in [6.07, 6.45) is 1.32. The van der Waals surface area contributed by atoms with E-state index in [0.717, 1.165) is 14.9 Å². The molecule has 3 aromatic rings. The SMILES string of the molecule is CCOC(=O)Cn1ncc(C(C#N)c2nc3ccccc3s2)c(Cl)c1=O. The van der Waals surface area contributed by atoms with E-state index in [0.29, 0.717) is 5.01 Å². The molecular formula is C17H13ClN4O3S. The molecule has 2 heterocycles. The monoisotopic (exact) mass is 388 g/mol. The zero-order valence-electron chi connectivity index (χ0n) is 13.7. The quantitative estimate of drug-likeness (QED) is 0.623. The number of esters is 1. The Balaban J connectivity index is 1.99. The average Bonchev–Trinajstić information content (AvgIpc) is 3.05. The van der Waals surface area contributed by atoms with Crippen LogP contribution in [0.15, 0.2) is 35.3 Å². The van der Waals surface area contributed by atoms with Crippen molar-refractivity contribution in [2.45, 2.75) is 19.4 Å². The van der Waals surface area contributed by atoms with E-state index in [1.165, 1.54) is 17.5 Å². The summed E-state index contributed by atoms with van der Waals surface area (Å²) in [5, 5.41) is 13.9. The molecule has 1 atom stereocenters. The number of carbonyl (C=O) groups is 1. The van der Waals surface area contributed by atoms with Crippen molar-refractivity contribution in [3.8, 4) is 6.07 Å². The molecule has 7 nitrogen and oxygen atoms in total. The van der Waals surface area contributed by atoms with Crippen molar-refractivity contribution in [3.63, 3.8) is 0 Å². The largest absolute Gasteiger partial charge is 0.465 e. The van der Waals surface area contributed by atoms with E-state index < -0.39 is 17.4 Å². The third-order valence-electron chi connectivity index (χ3n) is 3.59. The van der Waals surface area contributed by atoms with Gasteiger partial charge in [0.15, 0.2) is 0 Å². The number of halogens is 1. The molecule has 0 fully saturated rings. The van der Waals surface area contributed by atoms with Gasteiger partial charge in [0.2, 0.25) is 0 Å². The van der Waals surface area contributed by atoms with Gasteiger partial charge in [-0.25, -0.2) is 9.67 Å². The van der Waals surface area contributed by atoms with E-state index in [1.807, 2.05) is 24.3 Å². The van der Waals surface area contributed by atoms with Crippen LogP contribution in [0.3, 0.4) is 0 Å². The minimum absolute atomic E-state index is 0.157. The number of nitriles is 1. The number of carbonyl (C=O) groups excluding carboxylic acids is 1. The van der Waals surface area contributed by atoms with Crippen LogP contribution in [0.2, 0.25) is 5.02 Å². The maximum atomic E-state index is 12.4. The van der Waals surface area contributed by atoms with Crippen molar-refractivity contribution in [2.24, 2.45) is 0 Å². The summed E-state index contributed by atoms with van der Waals surface area (Å²) in [7, 11) is 0. The highest BCUT2D eigenvalue weighted by Crippen LogP contribution is 2.33. The number of benzene rings is 1. The van der Waals surface area contributed by atoms with Crippen LogP contribution in [0.5, 0.6) is 0 Å². The van der Waals surface area contributed by atoms with Gasteiger partial charge in [0, 0.05) is 5.56 Å². The maximum absolute atomic E-state index is 12.4. The summed E-state index contributed by atoms with van der Waals surface area (Å²) < 4.78 is 6.65. The minimum Gasteiger partial charge on any atom is -0.465 e. The van der Waals surface area contributed by atoms with Crippen LogP contribution in [0, 0.1) is 11.3 Å². The van der Waals surface area contributed by atoms with Crippen LogP contribution in [0.4, 0.5) is 0 Å². The van der Waals surface area contributed by atoms with Crippen molar-refractivity contribution in [1.29, 1.82) is 5.26 Å². The lowest BCUT2D eigenvalue weighted by Gasteiger charge is -2.10. The molecule has 0 amide bonds. The average molecular weight is 389 g/mol. The number of ether oxygens (including phenoxy) is 1. The molecule has 0 aliphatic heterocycles. The van der Waals surface area contributed by atoms with Gasteiger partial charge in [0.05, 0.1) is 29.1 Å². The van der Waals surface area contributed by atoms with Gasteiger partial charge in [0.25, 0.3) is 5.56 Å². The second-order valence-corrected chi connectivity index (χ2v) is 6.70. The van der Waals surface area contributed by atoms with E-state index in [-0.39, 0.29) is 23.7 Å². The zero-order chi connectivity index (χ0) is 18.7. The van der Waals surface area contributed by atoms with Gasteiger partial charge in [-0.3, -0.25) is 9.59 Å². The number of para-hydroxylation sites is 1. The van der Waals surface area contributed by atoms with Crippen molar-refractivity contribution in [1.82, 2.24) is 14.8 Å². The van der Waals surface area contributed by atoms with Crippen LogP contribution in [-0.4, -0.2) is 27.3 Å². The first-order valence-electron chi connectivity index (χ1n) is 7.71. The Morgan fingerprint density at radius 2 is 2.23 bits per heavy atom. The van der Waals surface area contributed by atoms with E-state index in [9.17, 15) is 14.9 Å². The van der Waals surface area contributed by atoms with E-state index in [2.05, 4.69) is 16.2 Å². The summed E-state index contributed by atoms with van der Waals surface area (Å²) >= 11 is 7.54. The molecule has 0 spiro atoms. The Labute approximate surface area is 157 Å². The van der Waals surface area contributed by atoms with E-state index >= 15 is 0 Å². The lowest BCUT2D eigenvalue weighted by molar-refractivity contribution is -0.144. The molecule has 3 rings (SSSR count). The summed E-state index contributed by atoms with van der Waals surface area (Å²) in [5.41, 5.74) is 0.379. The highest BCUT2D eigenvalue weighted by Gasteiger charge is 2.24. The molecule has 132 valence electrons. The van der Waals surface area contributed by atoms with Crippen LogP contribution >= 0.6 is 22.9 Å². The van der Waals surface area contributed by atoms with E-state index in [4.69, 9.17) is 16.3 Å². The smallest absolute Gasteiger partial charge is 0.327 e. The first-order valence-corrected chi connectivity index (χ1v) is 8.90. The molecule has 0 bridgehead atoms. The van der Waals surface area contributed by atoms with Gasteiger partial charge in [-0.05, 0) is 19.1 Å². The third kappa shape index (κ3) is 3.45. The Kier molecular flexibility index (Phi) is 5.30. The highest BCUT2D eigenvalue weighted by atomic mass is 35.5. The Bertz CT molecular complexity index is 1040. The molecule has 0 aliphatic rings. The predicted octanol–water partition coefficient (Wildman–Crippen LogP) is 2.72. The molecule has 0 aliphatic carbocycles. The number of hydrogen-bond donors (Lipinski definition) is 0. The molecule has 0 N–H and O–H groups in total. The van der Waals surface area contributed by atoms with Crippen LogP contribution in [0.25, 0.3) is 10.2 Å². The minimum atomic E-state index is -0.822. The van der Waals surface area contributed by atoms with Crippen molar-refractivity contribution >= 4 is 39.1 Å². The summed E-state index contributed by atoms with van der Waals surface area (Å²) in [4.78, 5) is 28.4. The number of hydrogen-bond acceptors (Lipinski definition) is 7. The molecule has 1 unspecified atom stereocenters. The van der Waals surface area contributed by atoms with Crippen molar-refractivity contribution < 1.29 is 9.53 Å². The van der Waals surface area contributed by atoms with Crippen molar-refractivity contribution in [2.75, 3.05) is 6.61 Å². The lowest BCUT2D eigenvalue weighted by atomic mass is 10.0. The van der Waals surface area contributed by atoms with Gasteiger partial charge in [-0.15, -0.1) is 11.3 Å². The number of rotatable bonds is 5. The van der Waals surface area contributed by atoms with Gasteiger partial charge >= 0.3 is 5.97 Å². The molecule has 0 radical (unpaired) electrons. The number of fused-ring (bicyclic) bond motifs is 1. The zero-order valence-corrected chi connectivity index (χ0v) is 15.3. The van der Waals surface area contributed by atoms with Gasteiger partial charge in [0.1, 0.15) is 22.5 Å². The molecule has 9 heteroatoms. The molecule has 0 saturated heterocycles. The topological polar surface area (TPSA) is 97.9 Å². The second-order valence-electron chi connectivity index (χ2n) is 5.26. The number of thiazole rings is 1. The molecule has 0 saturated carbocycles. The Morgan fingerprint density at radius 1 is 1.46 bits per heavy atom. The van der Waals surface area contributed by atoms with E-state index in [1.54, 1.807) is 6.92 Å². The highest BCUT2D eigenvalue weighted by molar-refractivity contribution is 7.18. The van der Waals surface area contributed by atoms with Crippen LogP contribution in [0.1, 0.15) is 23.4 Å². The fourth-order valence-electron chi connectivity index (χ4n) is 2.39. The maximum Gasteiger partial charge on any atom is 0.327 e. The molecule has 2 aromatic heterocycles.